The Hall–Kier alpha value is -0.570. The van der Waals surface area contributed by atoms with Gasteiger partial charge in [-0.3, -0.25) is 0 Å². The summed E-state index contributed by atoms with van der Waals surface area (Å²) in [4.78, 5) is 11.2. The fourth-order valence-corrected chi connectivity index (χ4v) is 1.74. The third kappa shape index (κ3) is 1.53. The Morgan fingerprint density at radius 1 is 1.55 bits per heavy atom. The highest BCUT2D eigenvalue weighted by molar-refractivity contribution is 5.74. The molecule has 0 amide bonds. The molecule has 0 aromatic rings. The molecule has 0 spiro atoms. The number of likely N-dealkylation sites (tertiary alicyclic amines) is 1. The summed E-state index contributed by atoms with van der Waals surface area (Å²) >= 11 is 0. The van der Waals surface area contributed by atoms with Gasteiger partial charge in [0.2, 0.25) is 0 Å². The van der Waals surface area contributed by atoms with E-state index < -0.39 is 0 Å². The van der Waals surface area contributed by atoms with Crippen molar-refractivity contribution in [2.75, 3.05) is 27.7 Å². The summed E-state index contributed by atoms with van der Waals surface area (Å²) in [6, 6.07) is 0.0694. The van der Waals surface area contributed by atoms with E-state index in [1.54, 1.807) is 0 Å². The minimum absolute atomic E-state index is 0.0625. The molecule has 0 aromatic carbocycles. The van der Waals surface area contributed by atoms with Gasteiger partial charge in [-0.2, -0.15) is 0 Å². The highest BCUT2D eigenvalue weighted by atomic mass is 16.5. The Kier molecular flexibility index (Phi) is 2.18. The van der Waals surface area contributed by atoms with Gasteiger partial charge in [0.25, 0.3) is 0 Å². The van der Waals surface area contributed by atoms with Crippen molar-refractivity contribution in [3.8, 4) is 0 Å². The quantitative estimate of drug-likeness (QED) is 0.408. The van der Waals surface area contributed by atoms with Crippen LogP contribution in [-0.4, -0.2) is 44.2 Å². The van der Waals surface area contributed by atoms with Crippen molar-refractivity contribution in [2.45, 2.75) is 18.9 Å². The third-order valence-electron chi connectivity index (χ3n) is 2.53. The molecule has 3 nitrogen and oxygen atoms in total. The number of esters is 1. The van der Waals surface area contributed by atoms with Crippen LogP contribution < -0.4 is 0 Å². The van der Waals surface area contributed by atoms with E-state index in [0.29, 0.717) is 0 Å². The van der Waals surface area contributed by atoms with Gasteiger partial charge in [0.05, 0.1) is 27.7 Å². The molecular weight excluding hydrogens is 142 g/mol. The average Bonchev–Trinajstić information content (AvgIpc) is 2.28. The molecule has 0 saturated carbocycles. The molecule has 0 bridgehead atoms. The van der Waals surface area contributed by atoms with Gasteiger partial charge in [-0.25, -0.2) is 4.79 Å². The average molecular weight is 158 g/mol. The Labute approximate surface area is 67.5 Å². The van der Waals surface area contributed by atoms with Crippen molar-refractivity contribution in [3.05, 3.63) is 0 Å². The lowest BCUT2D eigenvalue weighted by Crippen LogP contribution is -2.48. The zero-order chi connectivity index (χ0) is 8.48. The highest BCUT2D eigenvalue weighted by Gasteiger charge is 2.40. The summed E-state index contributed by atoms with van der Waals surface area (Å²) in [7, 11) is 5.61. The summed E-state index contributed by atoms with van der Waals surface area (Å²) in [5.74, 6) is -0.0625. The van der Waals surface area contributed by atoms with Gasteiger partial charge >= 0.3 is 5.97 Å². The monoisotopic (exact) mass is 158 g/mol. The molecule has 1 heterocycles. The van der Waals surface area contributed by atoms with Crippen LogP contribution in [0.15, 0.2) is 0 Å². The van der Waals surface area contributed by atoms with Crippen molar-refractivity contribution < 1.29 is 14.0 Å². The van der Waals surface area contributed by atoms with Gasteiger partial charge in [-0.05, 0) is 0 Å². The zero-order valence-corrected chi connectivity index (χ0v) is 7.46. The van der Waals surface area contributed by atoms with Gasteiger partial charge < -0.3 is 9.22 Å². The molecule has 1 saturated heterocycles. The van der Waals surface area contributed by atoms with E-state index in [9.17, 15) is 4.79 Å². The van der Waals surface area contributed by atoms with Gasteiger partial charge in [-0.1, -0.05) is 0 Å². The lowest BCUT2D eigenvalue weighted by molar-refractivity contribution is -0.893. The van der Waals surface area contributed by atoms with Crippen molar-refractivity contribution in [3.63, 3.8) is 0 Å². The summed E-state index contributed by atoms with van der Waals surface area (Å²) < 4.78 is 5.50. The van der Waals surface area contributed by atoms with Crippen LogP contribution in [0.1, 0.15) is 12.8 Å². The summed E-state index contributed by atoms with van der Waals surface area (Å²) in [6.07, 6.45) is 2.10. The number of ether oxygens (including phenoxy) is 1. The molecule has 64 valence electrons. The largest absolute Gasteiger partial charge is 0.465 e. The molecule has 0 N–H and O–H groups in total. The van der Waals surface area contributed by atoms with E-state index in [1.807, 2.05) is 0 Å². The maximum Gasteiger partial charge on any atom is 0.364 e. The SMILES string of the molecule is COC(=O)[C@H]1CCC[N+]1(C)C. The fourth-order valence-electron chi connectivity index (χ4n) is 1.74. The number of carbonyl (C=O) groups excluding carboxylic acids is 1. The molecule has 11 heavy (non-hydrogen) atoms. The maximum absolute atomic E-state index is 11.2. The van der Waals surface area contributed by atoms with Crippen molar-refractivity contribution >= 4 is 5.97 Å². The van der Waals surface area contributed by atoms with Gasteiger partial charge in [-0.15, -0.1) is 0 Å². The normalized spacial score (nSPS) is 28.5. The Bertz CT molecular complexity index is 165. The number of rotatable bonds is 1. The number of hydrogen-bond acceptors (Lipinski definition) is 2. The number of methoxy groups -OCH3 is 1. The fraction of sp³-hybridized carbons (Fsp3) is 0.875. The van der Waals surface area contributed by atoms with Gasteiger partial charge in [0, 0.05) is 12.8 Å². The molecule has 3 heteroatoms. The van der Waals surface area contributed by atoms with Crippen LogP contribution in [0, 0.1) is 0 Å². The van der Waals surface area contributed by atoms with E-state index in [0.717, 1.165) is 23.9 Å². The topological polar surface area (TPSA) is 26.3 Å². The minimum Gasteiger partial charge on any atom is -0.465 e. The number of nitrogens with zero attached hydrogens (tertiary/aromatic N) is 1. The third-order valence-corrected chi connectivity index (χ3v) is 2.53. The Balaban J connectivity index is 2.64. The summed E-state index contributed by atoms with van der Waals surface area (Å²) in [5, 5.41) is 0. The summed E-state index contributed by atoms with van der Waals surface area (Å²) in [5.41, 5.74) is 0. The first-order valence-corrected chi connectivity index (χ1v) is 3.98. The van der Waals surface area contributed by atoms with E-state index in [-0.39, 0.29) is 12.0 Å². The second-order valence-corrected chi connectivity index (χ2v) is 3.68. The minimum atomic E-state index is -0.0625. The molecule has 1 aliphatic rings. The summed E-state index contributed by atoms with van der Waals surface area (Å²) in [6.45, 7) is 1.08. The van der Waals surface area contributed by atoms with Gasteiger partial charge in [0.15, 0.2) is 6.04 Å². The van der Waals surface area contributed by atoms with E-state index >= 15 is 0 Å². The second-order valence-electron chi connectivity index (χ2n) is 3.68. The van der Waals surface area contributed by atoms with Crippen LogP contribution in [0.2, 0.25) is 0 Å². The van der Waals surface area contributed by atoms with Gasteiger partial charge in [0.1, 0.15) is 0 Å². The molecule has 0 radical (unpaired) electrons. The number of likely N-dealkylation sites (N-methyl/N-ethyl adjacent to an activating group) is 1. The lowest BCUT2D eigenvalue weighted by Gasteiger charge is -2.29. The predicted octanol–water partition coefficient (Wildman–Crippen LogP) is 0.398. The maximum atomic E-state index is 11.2. The van der Waals surface area contributed by atoms with Crippen LogP contribution in [0.5, 0.6) is 0 Å². The first kappa shape index (κ1) is 8.53. The Morgan fingerprint density at radius 2 is 2.18 bits per heavy atom. The first-order chi connectivity index (χ1) is 5.08. The molecule has 1 fully saturated rings. The van der Waals surface area contributed by atoms with Crippen molar-refractivity contribution in [1.82, 2.24) is 0 Å². The van der Waals surface area contributed by atoms with Crippen LogP contribution >= 0.6 is 0 Å². The first-order valence-electron chi connectivity index (χ1n) is 3.98. The molecule has 1 atom stereocenters. The smallest absolute Gasteiger partial charge is 0.364 e. The van der Waals surface area contributed by atoms with E-state index in [1.165, 1.54) is 7.11 Å². The van der Waals surface area contributed by atoms with Crippen molar-refractivity contribution in [1.29, 1.82) is 0 Å². The lowest BCUT2D eigenvalue weighted by atomic mass is 10.2. The molecule has 1 rings (SSSR count). The Morgan fingerprint density at radius 3 is 2.55 bits per heavy atom. The molecule has 0 aromatic heterocycles. The molecule has 1 aliphatic heterocycles. The molecule has 0 unspecified atom stereocenters. The van der Waals surface area contributed by atoms with E-state index in [2.05, 4.69) is 14.1 Å². The highest BCUT2D eigenvalue weighted by Crippen LogP contribution is 2.22. The number of quaternary nitrogens is 1. The van der Waals surface area contributed by atoms with E-state index in [4.69, 9.17) is 4.74 Å². The number of carbonyl (C=O) groups is 1. The number of hydrogen-bond donors (Lipinski definition) is 0. The van der Waals surface area contributed by atoms with Crippen LogP contribution in [0.4, 0.5) is 0 Å². The van der Waals surface area contributed by atoms with Crippen LogP contribution in [-0.2, 0) is 9.53 Å². The van der Waals surface area contributed by atoms with Crippen molar-refractivity contribution in [2.24, 2.45) is 0 Å². The predicted molar refractivity (Wildman–Crippen MR) is 42.0 cm³/mol. The standard InChI is InChI=1S/C8H16NO2/c1-9(2)6-4-5-7(9)8(10)11-3/h7H,4-6H2,1-3H3/q+1/t7-/m1/s1. The van der Waals surface area contributed by atoms with Crippen LogP contribution in [0.3, 0.4) is 0 Å². The molecular formula is C8H16NO2+. The van der Waals surface area contributed by atoms with Crippen LogP contribution in [0.25, 0.3) is 0 Å². The second kappa shape index (κ2) is 2.81. The molecule has 0 aliphatic carbocycles. The zero-order valence-electron chi connectivity index (χ0n) is 7.46.